The summed E-state index contributed by atoms with van der Waals surface area (Å²) >= 11 is 0. The van der Waals surface area contributed by atoms with Crippen LogP contribution in [0.1, 0.15) is 24.1 Å². The van der Waals surface area contributed by atoms with Crippen molar-refractivity contribution in [1.82, 2.24) is 9.80 Å². The average molecular weight is 510 g/mol. The summed E-state index contributed by atoms with van der Waals surface area (Å²) in [6, 6.07) is 12.6. The average Bonchev–Trinajstić information content (AvgIpc) is 3.16. The van der Waals surface area contributed by atoms with Gasteiger partial charge in [0.05, 0.1) is 31.4 Å². The van der Waals surface area contributed by atoms with Crippen LogP contribution >= 0.6 is 0 Å². The summed E-state index contributed by atoms with van der Waals surface area (Å²) in [6.07, 6.45) is 0. The van der Waals surface area contributed by atoms with Crippen LogP contribution in [0.2, 0.25) is 0 Å². The number of hydrogen-bond acceptors (Lipinski definition) is 8. The first-order valence-electron chi connectivity index (χ1n) is 12.2. The zero-order valence-electron chi connectivity index (χ0n) is 20.7. The lowest BCUT2D eigenvalue weighted by atomic mass is 9.95. The highest BCUT2D eigenvalue weighted by Crippen LogP contribution is 2.40. The number of morpholine rings is 1. The number of aliphatic hydroxyl groups excluding tert-OH is 1. The quantitative estimate of drug-likeness (QED) is 0.281. The molecule has 0 radical (unpaired) electrons. The highest BCUT2D eigenvalue weighted by atomic mass is 16.5. The van der Waals surface area contributed by atoms with E-state index in [0.29, 0.717) is 55.5 Å². The molecule has 10 heteroatoms. The zero-order valence-corrected chi connectivity index (χ0v) is 20.7. The molecule has 37 heavy (non-hydrogen) atoms. The lowest BCUT2D eigenvalue weighted by Crippen LogP contribution is -2.42. The van der Waals surface area contributed by atoms with Crippen molar-refractivity contribution in [3.63, 3.8) is 0 Å². The van der Waals surface area contributed by atoms with E-state index in [0.717, 1.165) is 13.1 Å². The van der Waals surface area contributed by atoms with Crippen molar-refractivity contribution >= 4 is 23.4 Å². The number of nitrogens with zero attached hydrogens (tertiary/aromatic N) is 2. The summed E-state index contributed by atoms with van der Waals surface area (Å²) in [5, 5.41) is 11.2. The number of amides is 2. The second-order valence-corrected chi connectivity index (χ2v) is 8.73. The van der Waals surface area contributed by atoms with Gasteiger partial charge in [-0.25, -0.2) is 0 Å². The van der Waals surface area contributed by atoms with Crippen LogP contribution in [-0.4, -0.2) is 85.1 Å². The lowest BCUT2D eigenvalue weighted by molar-refractivity contribution is -0.140. The second kappa shape index (κ2) is 11.9. The summed E-state index contributed by atoms with van der Waals surface area (Å²) in [5.74, 6) is -1.22. The topological polar surface area (TPSA) is 132 Å². The number of Topliss-reactive ketones (excluding diaryl/α,β-unsaturated/α-hetero) is 1. The van der Waals surface area contributed by atoms with Gasteiger partial charge in [-0.05, 0) is 48.9 Å². The van der Waals surface area contributed by atoms with Gasteiger partial charge in [-0.3, -0.25) is 19.3 Å². The Balaban J connectivity index is 1.68. The molecule has 1 atom stereocenters. The molecule has 4 rings (SSSR count). The highest BCUT2D eigenvalue weighted by molar-refractivity contribution is 6.46. The maximum atomic E-state index is 13.2. The Bertz CT molecular complexity index is 1160. The van der Waals surface area contributed by atoms with Gasteiger partial charge in [-0.2, -0.15) is 0 Å². The Morgan fingerprint density at radius 3 is 2.24 bits per heavy atom. The highest BCUT2D eigenvalue weighted by Gasteiger charge is 2.46. The standard InChI is InChI=1S/C27H31N3O7/c1-2-36-20-9-5-19(6-10-20)25(32)23-24(18-3-7-21(8-4-18)37-17-22(28)31)30(27(34)26(23)33)12-11-29-13-15-35-16-14-29/h3-10,24,32H,2,11-17H2,1H3,(H2,28,31). The van der Waals surface area contributed by atoms with E-state index < -0.39 is 23.6 Å². The minimum absolute atomic E-state index is 0.0157. The van der Waals surface area contributed by atoms with Crippen LogP contribution in [-0.2, 0) is 19.1 Å². The number of hydrogen-bond donors (Lipinski definition) is 2. The number of nitrogens with two attached hydrogens (primary N) is 1. The van der Waals surface area contributed by atoms with E-state index in [1.54, 1.807) is 48.5 Å². The van der Waals surface area contributed by atoms with Crippen molar-refractivity contribution in [2.45, 2.75) is 13.0 Å². The van der Waals surface area contributed by atoms with Gasteiger partial charge in [0.1, 0.15) is 17.3 Å². The lowest BCUT2D eigenvalue weighted by Gasteiger charge is -2.31. The van der Waals surface area contributed by atoms with Crippen molar-refractivity contribution in [2.24, 2.45) is 5.73 Å². The van der Waals surface area contributed by atoms with Gasteiger partial charge in [0.2, 0.25) is 0 Å². The molecule has 0 bridgehead atoms. The summed E-state index contributed by atoms with van der Waals surface area (Å²) in [7, 11) is 0. The van der Waals surface area contributed by atoms with Crippen molar-refractivity contribution < 1.29 is 33.7 Å². The van der Waals surface area contributed by atoms with Crippen LogP contribution in [0.4, 0.5) is 0 Å². The van der Waals surface area contributed by atoms with Crippen molar-refractivity contribution in [3.05, 3.63) is 65.2 Å². The molecule has 2 amide bonds. The number of ether oxygens (including phenoxy) is 3. The van der Waals surface area contributed by atoms with Crippen LogP contribution in [0.5, 0.6) is 11.5 Å². The number of benzene rings is 2. The Morgan fingerprint density at radius 2 is 1.62 bits per heavy atom. The van der Waals surface area contributed by atoms with Gasteiger partial charge >= 0.3 is 0 Å². The number of ketones is 1. The zero-order chi connectivity index (χ0) is 26.4. The maximum absolute atomic E-state index is 13.2. The first-order chi connectivity index (χ1) is 17.9. The Morgan fingerprint density at radius 1 is 1.00 bits per heavy atom. The third kappa shape index (κ3) is 6.10. The number of primary amides is 1. The van der Waals surface area contributed by atoms with Gasteiger partial charge in [0.25, 0.3) is 17.6 Å². The first-order valence-corrected chi connectivity index (χ1v) is 12.2. The smallest absolute Gasteiger partial charge is 0.295 e. The van der Waals surface area contributed by atoms with Crippen molar-refractivity contribution in [3.8, 4) is 11.5 Å². The molecule has 2 aliphatic rings. The molecule has 0 saturated carbocycles. The first kappa shape index (κ1) is 26.2. The van der Waals surface area contributed by atoms with E-state index in [2.05, 4.69) is 4.90 Å². The molecule has 0 aliphatic carbocycles. The van der Waals surface area contributed by atoms with Crippen LogP contribution in [0, 0.1) is 0 Å². The fourth-order valence-electron chi connectivity index (χ4n) is 4.46. The van der Waals surface area contributed by atoms with Gasteiger partial charge in [0.15, 0.2) is 6.61 Å². The van der Waals surface area contributed by atoms with Crippen LogP contribution in [0.25, 0.3) is 5.76 Å². The molecule has 196 valence electrons. The van der Waals surface area contributed by atoms with E-state index in [9.17, 15) is 19.5 Å². The molecule has 2 saturated heterocycles. The van der Waals surface area contributed by atoms with Crippen LogP contribution < -0.4 is 15.2 Å². The second-order valence-electron chi connectivity index (χ2n) is 8.73. The number of rotatable bonds is 10. The van der Waals surface area contributed by atoms with E-state index in [4.69, 9.17) is 19.9 Å². The molecule has 0 aromatic heterocycles. The Hall–Kier alpha value is -3.89. The van der Waals surface area contributed by atoms with Gasteiger partial charge in [-0.1, -0.05) is 12.1 Å². The third-order valence-electron chi connectivity index (χ3n) is 6.32. The predicted octanol–water partition coefficient (Wildman–Crippen LogP) is 1.70. The molecular weight excluding hydrogens is 478 g/mol. The molecule has 1 unspecified atom stereocenters. The number of carbonyl (C=O) groups excluding carboxylic acids is 3. The van der Waals surface area contributed by atoms with E-state index >= 15 is 0 Å². The van der Waals surface area contributed by atoms with Gasteiger partial charge < -0.3 is 30.0 Å². The minimum Gasteiger partial charge on any atom is -0.507 e. The summed E-state index contributed by atoms with van der Waals surface area (Å²) in [5.41, 5.74) is 6.19. The summed E-state index contributed by atoms with van der Waals surface area (Å²) in [6.45, 7) is 5.69. The summed E-state index contributed by atoms with van der Waals surface area (Å²) in [4.78, 5) is 41.1. The van der Waals surface area contributed by atoms with E-state index in [1.807, 2.05) is 6.92 Å². The fraction of sp³-hybridized carbons (Fsp3) is 0.370. The SMILES string of the molecule is CCOc1ccc(C(O)=C2C(=O)C(=O)N(CCN3CCOCC3)C2c2ccc(OCC(N)=O)cc2)cc1. The molecular formula is C27H31N3O7. The van der Waals surface area contributed by atoms with Crippen molar-refractivity contribution in [1.29, 1.82) is 0 Å². The molecule has 2 aromatic rings. The van der Waals surface area contributed by atoms with Crippen LogP contribution in [0.3, 0.4) is 0 Å². The maximum Gasteiger partial charge on any atom is 0.295 e. The molecule has 2 aliphatic heterocycles. The molecule has 2 fully saturated rings. The third-order valence-corrected chi connectivity index (χ3v) is 6.32. The number of carbonyl (C=O) groups is 3. The molecule has 2 aromatic carbocycles. The monoisotopic (exact) mass is 509 g/mol. The Kier molecular flexibility index (Phi) is 8.42. The van der Waals surface area contributed by atoms with Gasteiger partial charge in [0, 0.05) is 31.7 Å². The molecule has 0 spiro atoms. The van der Waals surface area contributed by atoms with Gasteiger partial charge in [-0.15, -0.1) is 0 Å². The normalized spacial score (nSPS) is 19.7. The predicted molar refractivity (Wildman–Crippen MR) is 135 cm³/mol. The largest absolute Gasteiger partial charge is 0.507 e. The molecule has 3 N–H and O–H groups in total. The number of likely N-dealkylation sites (tertiary alicyclic amines) is 1. The molecule has 2 heterocycles. The molecule has 10 nitrogen and oxygen atoms in total. The van der Waals surface area contributed by atoms with Crippen molar-refractivity contribution in [2.75, 3.05) is 52.6 Å². The number of aliphatic hydroxyl groups is 1. The fourth-order valence-corrected chi connectivity index (χ4v) is 4.46. The van der Waals surface area contributed by atoms with E-state index in [1.165, 1.54) is 4.90 Å². The minimum atomic E-state index is -0.794. The van der Waals surface area contributed by atoms with Crippen LogP contribution in [0.15, 0.2) is 54.1 Å². The summed E-state index contributed by atoms with van der Waals surface area (Å²) < 4.78 is 16.2. The Labute approximate surface area is 215 Å². The van der Waals surface area contributed by atoms with E-state index in [-0.39, 0.29) is 17.9 Å².